The third kappa shape index (κ3) is 3.99. The standard InChI is InChI=1S/C17H15ClF2N2O/c18-14-9-13(7-8-15(14)20)21-16(17(23)22-12-5-6-12)10-1-3-11(19)4-2-10/h1-4,7-9,12,16,21H,5-6H2,(H,22,23). The Kier molecular flexibility index (Phi) is 4.48. The van der Waals surface area contributed by atoms with Crippen molar-refractivity contribution in [2.75, 3.05) is 5.32 Å². The highest BCUT2D eigenvalue weighted by molar-refractivity contribution is 6.31. The molecule has 0 aliphatic heterocycles. The summed E-state index contributed by atoms with van der Waals surface area (Å²) in [5.74, 6) is -1.11. The molecule has 0 heterocycles. The van der Waals surface area contributed by atoms with Crippen LogP contribution in [-0.4, -0.2) is 11.9 Å². The van der Waals surface area contributed by atoms with Crippen molar-refractivity contribution in [3.63, 3.8) is 0 Å². The number of halogens is 3. The molecule has 1 amide bonds. The summed E-state index contributed by atoms with van der Waals surface area (Å²) >= 11 is 5.77. The van der Waals surface area contributed by atoms with Gasteiger partial charge in [0.15, 0.2) is 0 Å². The first-order valence-electron chi connectivity index (χ1n) is 7.30. The van der Waals surface area contributed by atoms with Gasteiger partial charge in [0.1, 0.15) is 17.7 Å². The highest BCUT2D eigenvalue weighted by Gasteiger charge is 2.28. The van der Waals surface area contributed by atoms with Crippen LogP contribution in [0.2, 0.25) is 5.02 Å². The summed E-state index contributed by atoms with van der Waals surface area (Å²) in [6, 6.07) is 9.32. The lowest BCUT2D eigenvalue weighted by molar-refractivity contribution is -0.122. The molecule has 1 atom stereocenters. The maximum absolute atomic E-state index is 13.3. The molecular formula is C17H15ClF2N2O. The van der Waals surface area contributed by atoms with E-state index in [9.17, 15) is 13.6 Å². The SMILES string of the molecule is O=C(NC1CC1)C(Nc1ccc(F)c(Cl)c1)c1ccc(F)cc1. The fourth-order valence-corrected chi connectivity index (χ4v) is 2.40. The average Bonchev–Trinajstić information content (AvgIpc) is 3.33. The van der Waals surface area contributed by atoms with Gasteiger partial charge in [0.25, 0.3) is 0 Å². The van der Waals surface area contributed by atoms with E-state index < -0.39 is 11.9 Å². The molecule has 6 heteroatoms. The van der Waals surface area contributed by atoms with E-state index >= 15 is 0 Å². The quantitative estimate of drug-likeness (QED) is 0.865. The summed E-state index contributed by atoms with van der Waals surface area (Å²) < 4.78 is 26.4. The predicted molar refractivity (Wildman–Crippen MR) is 85.3 cm³/mol. The van der Waals surface area contributed by atoms with Crippen LogP contribution in [0.3, 0.4) is 0 Å². The first-order chi connectivity index (χ1) is 11.0. The molecule has 23 heavy (non-hydrogen) atoms. The molecule has 3 nitrogen and oxygen atoms in total. The monoisotopic (exact) mass is 336 g/mol. The van der Waals surface area contributed by atoms with Crippen LogP contribution in [0.4, 0.5) is 14.5 Å². The van der Waals surface area contributed by atoms with Crippen LogP contribution in [0.15, 0.2) is 42.5 Å². The zero-order chi connectivity index (χ0) is 16.4. The van der Waals surface area contributed by atoms with Gasteiger partial charge in [0.2, 0.25) is 5.91 Å². The Morgan fingerprint density at radius 3 is 2.43 bits per heavy atom. The van der Waals surface area contributed by atoms with Gasteiger partial charge in [-0.2, -0.15) is 0 Å². The Hall–Kier alpha value is -2.14. The average molecular weight is 337 g/mol. The number of nitrogens with one attached hydrogen (secondary N) is 2. The molecule has 0 radical (unpaired) electrons. The normalized spacial score (nSPS) is 15.1. The Bertz CT molecular complexity index is 717. The van der Waals surface area contributed by atoms with Gasteiger partial charge in [0.05, 0.1) is 5.02 Å². The van der Waals surface area contributed by atoms with E-state index in [1.807, 2.05) is 0 Å². The van der Waals surface area contributed by atoms with E-state index in [1.54, 1.807) is 12.1 Å². The maximum Gasteiger partial charge on any atom is 0.247 e. The highest BCUT2D eigenvalue weighted by atomic mass is 35.5. The molecule has 1 aliphatic carbocycles. The van der Waals surface area contributed by atoms with E-state index in [0.29, 0.717) is 11.3 Å². The second kappa shape index (κ2) is 6.54. The summed E-state index contributed by atoms with van der Waals surface area (Å²) in [7, 11) is 0. The molecule has 2 aromatic carbocycles. The van der Waals surface area contributed by atoms with E-state index in [1.165, 1.54) is 30.3 Å². The molecule has 0 aromatic heterocycles. The Morgan fingerprint density at radius 2 is 1.83 bits per heavy atom. The first kappa shape index (κ1) is 15.7. The molecule has 0 saturated heterocycles. The second-order valence-electron chi connectivity index (χ2n) is 5.54. The Balaban J connectivity index is 1.85. The largest absolute Gasteiger partial charge is 0.370 e. The number of rotatable bonds is 5. The van der Waals surface area contributed by atoms with E-state index in [2.05, 4.69) is 10.6 Å². The van der Waals surface area contributed by atoms with Crippen molar-refractivity contribution in [3.8, 4) is 0 Å². The third-order valence-corrected chi connectivity index (χ3v) is 3.91. The van der Waals surface area contributed by atoms with Crippen LogP contribution >= 0.6 is 11.6 Å². The van der Waals surface area contributed by atoms with Crippen molar-refractivity contribution < 1.29 is 13.6 Å². The zero-order valence-electron chi connectivity index (χ0n) is 12.2. The van der Waals surface area contributed by atoms with Gasteiger partial charge in [0, 0.05) is 11.7 Å². The first-order valence-corrected chi connectivity index (χ1v) is 7.68. The highest BCUT2D eigenvalue weighted by Crippen LogP contribution is 2.26. The van der Waals surface area contributed by atoms with Gasteiger partial charge < -0.3 is 10.6 Å². The number of amides is 1. The summed E-state index contributed by atoms with van der Waals surface area (Å²) in [6.07, 6.45) is 1.93. The number of hydrogen-bond acceptors (Lipinski definition) is 2. The molecular weight excluding hydrogens is 322 g/mol. The lowest BCUT2D eigenvalue weighted by Gasteiger charge is -2.20. The summed E-state index contributed by atoms with van der Waals surface area (Å²) in [5.41, 5.74) is 1.13. The zero-order valence-corrected chi connectivity index (χ0v) is 12.9. The minimum atomic E-state index is -0.710. The molecule has 0 bridgehead atoms. The van der Waals surface area contributed by atoms with Crippen LogP contribution in [0, 0.1) is 11.6 Å². The van der Waals surface area contributed by atoms with Crippen molar-refractivity contribution in [2.24, 2.45) is 0 Å². The van der Waals surface area contributed by atoms with Gasteiger partial charge in [-0.05, 0) is 48.7 Å². The van der Waals surface area contributed by atoms with Gasteiger partial charge in [-0.25, -0.2) is 8.78 Å². The van der Waals surface area contributed by atoms with Crippen molar-refractivity contribution in [3.05, 3.63) is 64.7 Å². The topological polar surface area (TPSA) is 41.1 Å². The van der Waals surface area contributed by atoms with E-state index in [0.717, 1.165) is 12.8 Å². The van der Waals surface area contributed by atoms with Gasteiger partial charge >= 0.3 is 0 Å². The molecule has 120 valence electrons. The maximum atomic E-state index is 13.3. The molecule has 3 rings (SSSR count). The minimum absolute atomic E-state index is 0.0320. The molecule has 1 saturated carbocycles. The fourth-order valence-electron chi connectivity index (χ4n) is 2.22. The fraction of sp³-hybridized carbons (Fsp3) is 0.235. The number of anilines is 1. The van der Waals surface area contributed by atoms with Crippen LogP contribution in [0.1, 0.15) is 24.4 Å². The number of carbonyl (C=O) groups is 1. The molecule has 0 spiro atoms. The van der Waals surface area contributed by atoms with Gasteiger partial charge in [-0.15, -0.1) is 0 Å². The van der Waals surface area contributed by atoms with Gasteiger partial charge in [-0.3, -0.25) is 4.79 Å². The summed E-state index contributed by atoms with van der Waals surface area (Å²) in [6.45, 7) is 0. The second-order valence-corrected chi connectivity index (χ2v) is 5.95. The lowest BCUT2D eigenvalue weighted by atomic mass is 10.1. The van der Waals surface area contributed by atoms with Crippen LogP contribution in [-0.2, 0) is 4.79 Å². The number of benzene rings is 2. The predicted octanol–water partition coefficient (Wildman–Crippen LogP) is 4.05. The van der Waals surface area contributed by atoms with Crippen LogP contribution in [0.25, 0.3) is 0 Å². The lowest BCUT2D eigenvalue weighted by Crippen LogP contribution is -2.34. The molecule has 1 aliphatic rings. The molecule has 1 unspecified atom stereocenters. The molecule has 2 aromatic rings. The van der Waals surface area contributed by atoms with Crippen molar-refractivity contribution in [1.29, 1.82) is 0 Å². The molecule has 2 N–H and O–H groups in total. The van der Waals surface area contributed by atoms with E-state index in [4.69, 9.17) is 11.6 Å². The Labute approximate surface area is 137 Å². The van der Waals surface area contributed by atoms with Crippen molar-refractivity contribution >= 4 is 23.2 Å². The number of carbonyl (C=O) groups excluding carboxylic acids is 1. The van der Waals surface area contributed by atoms with Crippen molar-refractivity contribution in [2.45, 2.75) is 24.9 Å². The minimum Gasteiger partial charge on any atom is -0.370 e. The van der Waals surface area contributed by atoms with Crippen molar-refractivity contribution in [1.82, 2.24) is 5.32 Å². The van der Waals surface area contributed by atoms with Crippen LogP contribution in [0.5, 0.6) is 0 Å². The summed E-state index contributed by atoms with van der Waals surface area (Å²) in [4.78, 5) is 12.5. The van der Waals surface area contributed by atoms with Crippen LogP contribution < -0.4 is 10.6 Å². The Morgan fingerprint density at radius 1 is 1.13 bits per heavy atom. The van der Waals surface area contributed by atoms with E-state index in [-0.39, 0.29) is 22.8 Å². The number of hydrogen-bond donors (Lipinski definition) is 2. The third-order valence-electron chi connectivity index (χ3n) is 3.62. The molecule has 1 fully saturated rings. The van der Waals surface area contributed by atoms with Gasteiger partial charge in [-0.1, -0.05) is 23.7 Å². The smallest absolute Gasteiger partial charge is 0.247 e. The summed E-state index contributed by atoms with van der Waals surface area (Å²) in [5, 5.41) is 5.91.